The van der Waals surface area contributed by atoms with Crippen LogP contribution in [0.5, 0.6) is 0 Å². The average Bonchev–Trinajstić information content (AvgIpc) is 2.39. The highest BCUT2D eigenvalue weighted by molar-refractivity contribution is 5.79. The molecule has 1 unspecified atom stereocenters. The third kappa shape index (κ3) is 5.38. The van der Waals surface area contributed by atoms with Crippen molar-refractivity contribution in [3.8, 4) is 0 Å². The van der Waals surface area contributed by atoms with Crippen molar-refractivity contribution >= 4 is 5.91 Å². The van der Waals surface area contributed by atoms with Crippen LogP contribution in [0.3, 0.4) is 0 Å². The molecule has 0 rings (SSSR count). The van der Waals surface area contributed by atoms with Crippen molar-refractivity contribution in [3.05, 3.63) is 0 Å². The van der Waals surface area contributed by atoms with E-state index in [0.717, 1.165) is 38.5 Å². The Morgan fingerprint density at radius 1 is 1.11 bits per heavy atom. The number of rotatable bonds is 10. The molecule has 0 aliphatic rings. The summed E-state index contributed by atoms with van der Waals surface area (Å²) in [5.74, 6) is 0.516. The van der Waals surface area contributed by atoms with E-state index in [2.05, 4.69) is 27.7 Å². The van der Waals surface area contributed by atoms with Crippen LogP contribution in [0.1, 0.15) is 66.2 Å². The first-order valence-electron chi connectivity index (χ1n) is 7.66. The summed E-state index contributed by atoms with van der Waals surface area (Å²) in [5, 5.41) is 0. The van der Waals surface area contributed by atoms with E-state index in [1.807, 2.05) is 4.90 Å². The summed E-state index contributed by atoms with van der Waals surface area (Å²) < 4.78 is 0. The van der Waals surface area contributed by atoms with Gasteiger partial charge in [-0.2, -0.15) is 0 Å². The number of carbonyl (C=O) groups is 1. The topological polar surface area (TPSA) is 46.3 Å². The molecule has 0 heterocycles. The van der Waals surface area contributed by atoms with Gasteiger partial charge in [-0.3, -0.25) is 4.79 Å². The number of unbranched alkanes of at least 4 members (excludes halogenated alkanes) is 1. The Hall–Kier alpha value is -0.570. The molecule has 0 aromatic carbocycles. The molecule has 18 heavy (non-hydrogen) atoms. The molecular formula is C15H32N2O. The lowest BCUT2D eigenvalue weighted by atomic mass is 9.96. The third-order valence-corrected chi connectivity index (χ3v) is 3.78. The first-order chi connectivity index (χ1) is 8.65. The molecule has 0 spiro atoms. The van der Waals surface area contributed by atoms with E-state index in [9.17, 15) is 4.79 Å². The predicted octanol–water partition coefficient (Wildman–Crippen LogP) is 3.18. The fraction of sp³-hybridized carbons (Fsp3) is 0.933. The summed E-state index contributed by atoms with van der Waals surface area (Å²) in [6.07, 6.45) is 6.31. The van der Waals surface area contributed by atoms with Crippen LogP contribution >= 0.6 is 0 Å². The summed E-state index contributed by atoms with van der Waals surface area (Å²) in [7, 11) is 0. The number of nitrogens with two attached hydrogens (primary N) is 1. The van der Waals surface area contributed by atoms with E-state index in [0.29, 0.717) is 25.0 Å². The zero-order valence-corrected chi connectivity index (χ0v) is 12.7. The highest BCUT2D eigenvalue weighted by Gasteiger charge is 2.26. The first kappa shape index (κ1) is 17.4. The lowest BCUT2D eigenvalue weighted by Crippen LogP contribution is -2.45. The minimum absolute atomic E-state index is 0.192. The van der Waals surface area contributed by atoms with Crippen LogP contribution in [-0.4, -0.2) is 29.9 Å². The molecule has 0 aliphatic carbocycles. The lowest BCUT2D eigenvalue weighted by Gasteiger charge is -2.33. The molecule has 1 amide bonds. The predicted molar refractivity (Wildman–Crippen MR) is 78.4 cm³/mol. The second-order valence-corrected chi connectivity index (χ2v) is 5.04. The van der Waals surface area contributed by atoms with Crippen molar-refractivity contribution in [3.63, 3.8) is 0 Å². The molecule has 0 saturated heterocycles. The Bertz CT molecular complexity index is 215. The minimum Gasteiger partial charge on any atom is -0.338 e. The standard InChI is InChI=1S/C15H32N2O/c1-5-9-10-13(6-2)15(18)17(12-11-16)14(7-3)8-4/h13-14H,5-12,16H2,1-4H3. The molecule has 3 nitrogen and oxygen atoms in total. The lowest BCUT2D eigenvalue weighted by molar-refractivity contribution is -0.138. The van der Waals surface area contributed by atoms with Gasteiger partial charge in [0, 0.05) is 25.0 Å². The fourth-order valence-corrected chi connectivity index (χ4v) is 2.53. The molecule has 1 atom stereocenters. The van der Waals surface area contributed by atoms with E-state index in [4.69, 9.17) is 5.73 Å². The maximum Gasteiger partial charge on any atom is 0.225 e. The van der Waals surface area contributed by atoms with Gasteiger partial charge in [0.05, 0.1) is 0 Å². The van der Waals surface area contributed by atoms with Crippen LogP contribution in [0.15, 0.2) is 0 Å². The van der Waals surface area contributed by atoms with Gasteiger partial charge in [0.15, 0.2) is 0 Å². The molecule has 108 valence electrons. The van der Waals surface area contributed by atoms with Gasteiger partial charge in [0.2, 0.25) is 5.91 Å². The first-order valence-corrected chi connectivity index (χ1v) is 7.66. The van der Waals surface area contributed by atoms with Crippen LogP contribution in [0.4, 0.5) is 0 Å². The summed E-state index contributed by atoms with van der Waals surface area (Å²) in [6.45, 7) is 9.86. The summed E-state index contributed by atoms with van der Waals surface area (Å²) in [6, 6.07) is 0.358. The second-order valence-electron chi connectivity index (χ2n) is 5.04. The summed E-state index contributed by atoms with van der Waals surface area (Å²) >= 11 is 0. The van der Waals surface area contributed by atoms with E-state index >= 15 is 0 Å². The molecule has 2 N–H and O–H groups in total. The molecule has 0 fully saturated rings. The van der Waals surface area contributed by atoms with Gasteiger partial charge in [-0.05, 0) is 25.7 Å². The van der Waals surface area contributed by atoms with Gasteiger partial charge < -0.3 is 10.6 Å². The number of amides is 1. The normalized spacial score (nSPS) is 12.8. The van der Waals surface area contributed by atoms with Gasteiger partial charge in [-0.1, -0.05) is 40.5 Å². The van der Waals surface area contributed by atoms with Crippen LogP contribution in [-0.2, 0) is 4.79 Å². The van der Waals surface area contributed by atoms with Crippen LogP contribution < -0.4 is 5.73 Å². The Morgan fingerprint density at radius 2 is 1.72 bits per heavy atom. The van der Waals surface area contributed by atoms with Gasteiger partial charge in [-0.15, -0.1) is 0 Å². The summed E-state index contributed by atoms with van der Waals surface area (Å²) in [5.41, 5.74) is 5.66. The van der Waals surface area contributed by atoms with Crippen LogP contribution in [0, 0.1) is 5.92 Å². The third-order valence-electron chi connectivity index (χ3n) is 3.78. The van der Waals surface area contributed by atoms with Gasteiger partial charge in [-0.25, -0.2) is 0 Å². The van der Waals surface area contributed by atoms with Crippen molar-refractivity contribution in [2.24, 2.45) is 11.7 Å². The molecule has 0 bridgehead atoms. The SMILES string of the molecule is CCCCC(CC)C(=O)N(CCN)C(CC)CC. The van der Waals surface area contributed by atoms with Gasteiger partial charge >= 0.3 is 0 Å². The van der Waals surface area contributed by atoms with E-state index in [1.165, 1.54) is 0 Å². The maximum absolute atomic E-state index is 12.6. The quantitative estimate of drug-likeness (QED) is 0.652. The van der Waals surface area contributed by atoms with Crippen molar-refractivity contribution < 1.29 is 4.79 Å². The number of carbonyl (C=O) groups excluding carboxylic acids is 1. The van der Waals surface area contributed by atoms with Crippen molar-refractivity contribution in [2.75, 3.05) is 13.1 Å². The smallest absolute Gasteiger partial charge is 0.225 e. The van der Waals surface area contributed by atoms with E-state index in [1.54, 1.807) is 0 Å². The molecule has 0 aliphatic heterocycles. The summed E-state index contributed by atoms with van der Waals surface area (Å²) in [4.78, 5) is 14.6. The van der Waals surface area contributed by atoms with Crippen molar-refractivity contribution in [1.29, 1.82) is 0 Å². The van der Waals surface area contributed by atoms with Crippen LogP contribution in [0.2, 0.25) is 0 Å². The molecule has 0 aromatic rings. The maximum atomic E-state index is 12.6. The molecule has 3 heteroatoms. The monoisotopic (exact) mass is 256 g/mol. The van der Waals surface area contributed by atoms with E-state index < -0.39 is 0 Å². The average molecular weight is 256 g/mol. The molecule has 0 radical (unpaired) electrons. The number of nitrogens with zero attached hydrogens (tertiary/aromatic N) is 1. The van der Waals surface area contributed by atoms with Crippen LogP contribution in [0.25, 0.3) is 0 Å². The Kier molecular flexibility index (Phi) is 10.0. The van der Waals surface area contributed by atoms with Crippen molar-refractivity contribution in [2.45, 2.75) is 72.3 Å². The largest absolute Gasteiger partial charge is 0.338 e. The van der Waals surface area contributed by atoms with E-state index in [-0.39, 0.29) is 5.92 Å². The second kappa shape index (κ2) is 10.4. The molecule has 0 aromatic heterocycles. The zero-order chi connectivity index (χ0) is 14.0. The minimum atomic E-state index is 0.192. The Labute approximate surface area is 113 Å². The number of hydrogen-bond acceptors (Lipinski definition) is 2. The highest BCUT2D eigenvalue weighted by Crippen LogP contribution is 2.19. The van der Waals surface area contributed by atoms with Crippen molar-refractivity contribution in [1.82, 2.24) is 4.90 Å². The zero-order valence-electron chi connectivity index (χ0n) is 12.7. The molecular weight excluding hydrogens is 224 g/mol. The fourth-order valence-electron chi connectivity index (χ4n) is 2.53. The van der Waals surface area contributed by atoms with Gasteiger partial charge in [0.25, 0.3) is 0 Å². The van der Waals surface area contributed by atoms with Gasteiger partial charge in [0.1, 0.15) is 0 Å². The Morgan fingerprint density at radius 3 is 2.11 bits per heavy atom. The number of hydrogen-bond donors (Lipinski definition) is 1. The Balaban J connectivity index is 4.69. The molecule has 0 saturated carbocycles. The highest BCUT2D eigenvalue weighted by atomic mass is 16.2.